The third-order valence-electron chi connectivity index (χ3n) is 4.80. The minimum Gasteiger partial charge on any atom is -0.497 e. The fourth-order valence-corrected chi connectivity index (χ4v) is 3.14. The summed E-state index contributed by atoms with van der Waals surface area (Å²) < 4.78 is 8.28. The minimum atomic E-state index is -0.287. The average Bonchev–Trinajstić information content (AvgIpc) is 3.18. The Hall–Kier alpha value is -3.94. The molecular formula is C22H21N5O3. The molecule has 0 saturated heterocycles. The lowest BCUT2D eigenvalue weighted by Gasteiger charge is -2.08. The average molecular weight is 403 g/mol. The van der Waals surface area contributed by atoms with E-state index in [9.17, 15) is 9.59 Å². The lowest BCUT2D eigenvalue weighted by atomic mass is 10.2. The first-order chi connectivity index (χ1) is 14.5. The first kappa shape index (κ1) is 19.4. The topological polar surface area (TPSA) is 90.5 Å². The highest BCUT2D eigenvalue weighted by Gasteiger charge is 2.13. The summed E-state index contributed by atoms with van der Waals surface area (Å²) in [5.74, 6) is 1.15. The maximum absolute atomic E-state index is 12.8. The lowest BCUT2D eigenvalue weighted by molar-refractivity contribution is -0.116. The molecule has 4 aromatic rings. The molecule has 0 fully saturated rings. The van der Waals surface area contributed by atoms with E-state index >= 15 is 0 Å². The van der Waals surface area contributed by atoms with Gasteiger partial charge in [-0.3, -0.25) is 18.6 Å². The van der Waals surface area contributed by atoms with Gasteiger partial charge in [0, 0.05) is 36.6 Å². The van der Waals surface area contributed by atoms with Crippen LogP contribution < -0.4 is 15.6 Å². The van der Waals surface area contributed by atoms with Gasteiger partial charge in [-0.2, -0.15) is 0 Å². The number of aryl methyl sites for hydroxylation is 2. The van der Waals surface area contributed by atoms with Gasteiger partial charge in [-0.1, -0.05) is 17.7 Å². The number of nitrogens with one attached hydrogen (secondary N) is 1. The van der Waals surface area contributed by atoms with Gasteiger partial charge in [0.15, 0.2) is 0 Å². The van der Waals surface area contributed by atoms with Crippen LogP contribution in [0, 0.1) is 6.92 Å². The molecule has 8 nitrogen and oxygen atoms in total. The van der Waals surface area contributed by atoms with Crippen LogP contribution in [0.5, 0.6) is 5.75 Å². The van der Waals surface area contributed by atoms with Gasteiger partial charge in [-0.05, 0) is 43.3 Å². The zero-order valence-electron chi connectivity index (χ0n) is 16.7. The third kappa shape index (κ3) is 3.93. The van der Waals surface area contributed by atoms with E-state index in [1.165, 1.54) is 4.57 Å². The summed E-state index contributed by atoms with van der Waals surface area (Å²) in [6, 6.07) is 14.8. The number of nitrogens with zero attached hydrogens (tertiary/aromatic N) is 4. The molecule has 152 valence electrons. The molecular weight excluding hydrogens is 382 g/mol. The quantitative estimate of drug-likeness (QED) is 0.535. The van der Waals surface area contributed by atoms with Crippen LogP contribution in [-0.4, -0.2) is 32.2 Å². The fraction of sp³-hybridized carbons (Fsp3) is 0.182. The number of carbonyl (C=O) groups is 1. The summed E-state index contributed by atoms with van der Waals surface area (Å²) >= 11 is 0. The molecule has 30 heavy (non-hydrogen) atoms. The first-order valence-corrected chi connectivity index (χ1v) is 9.51. The molecule has 0 atom stereocenters. The zero-order valence-corrected chi connectivity index (χ0v) is 16.7. The highest BCUT2D eigenvalue weighted by atomic mass is 16.5. The SMILES string of the molecule is COc1ccc(-n2ccn3c(CCC(=O)Nc4ccc(C)cc4)nnc3c2=O)cc1. The Balaban J connectivity index is 1.50. The number of hydrogen-bond acceptors (Lipinski definition) is 5. The maximum atomic E-state index is 12.8. The summed E-state index contributed by atoms with van der Waals surface area (Å²) in [5, 5.41) is 11.0. The van der Waals surface area contributed by atoms with Crippen LogP contribution in [0.15, 0.2) is 65.7 Å². The van der Waals surface area contributed by atoms with E-state index in [2.05, 4.69) is 15.5 Å². The minimum absolute atomic E-state index is 0.123. The number of amides is 1. The molecule has 8 heteroatoms. The Morgan fingerprint density at radius 1 is 1.03 bits per heavy atom. The van der Waals surface area contributed by atoms with Crippen LogP contribution in [0.1, 0.15) is 17.8 Å². The number of ether oxygens (including phenoxy) is 1. The molecule has 4 rings (SSSR count). The largest absolute Gasteiger partial charge is 0.497 e. The molecule has 0 unspecified atom stereocenters. The summed E-state index contributed by atoms with van der Waals surface area (Å²) in [6.07, 6.45) is 3.99. The number of carbonyl (C=O) groups excluding carboxylic acids is 1. The first-order valence-electron chi connectivity index (χ1n) is 9.51. The van der Waals surface area contributed by atoms with Crippen molar-refractivity contribution in [3.63, 3.8) is 0 Å². The predicted octanol–water partition coefficient (Wildman–Crippen LogP) is 2.77. The van der Waals surface area contributed by atoms with Gasteiger partial charge in [0.2, 0.25) is 11.6 Å². The van der Waals surface area contributed by atoms with E-state index in [4.69, 9.17) is 4.74 Å². The number of rotatable bonds is 6. The number of fused-ring (bicyclic) bond motifs is 1. The van der Waals surface area contributed by atoms with Gasteiger partial charge in [0.05, 0.1) is 7.11 Å². The van der Waals surface area contributed by atoms with Gasteiger partial charge in [-0.15, -0.1) is 10.2 Å². The van der Waals surface area contributed by atoms with Gasteiger partial charge in [0.1, 0.15) is 11.6 Å². The van der Waals surface area contributed by atoms with Crippen molar-refractivity contribution in [3.8, 4) is 11.4 Å². The van der Waals surface area contributed by atoms with Crippen molar-refractivity contribution >= 4 is 17.2 Å². The number of methoxy groups -OCH3 is 1. The molecule has 0 spiro atoms. The number of hydrogen-bond donors (Lipinski definition) is 1. The third-order valence-corrected chi connectivity index (χ3v) is 4.80. The second-order valence-corrected chi connectivity index (χ2v) is 6.90. The Labute approximate surface area is 172 Å². The predicted molar refractivity (Wildman–Crippen MR) is 113 cm³/mol. The van der Waals surface area contributed by atoms with Crippen LogP contribution in [0.3, 0.4) is 0 Å². The van der Waals surface area contributed by atoms with Crippen LogP contribution >= 0.6 is 0 Å². The molecule has 1 N–H and O–H groups in total. The summed E-state index contributed by atoms with van der Waals surface area (Å²) in [7, 11) is 1.59. The second-order valence-electron chi connectivity index (χ2n) is 6.90. The van der Waals surface area contributed by atoms with Crippen molar-refractivity contribution in [1.29, 1.82) is 0 Å². The highest BCUT2D eigenvalue weighted by Crippen LogP contribution is 2.14. The van der Waals surface area contributed by atoms with E-state index < -0.39 is 0 Å². The van der Waals surface area contributed by atoms with Gasteiger partial charge >= 0.3 is 5.56 Å². The zero-order chi connectivity index (χ0) is 21.1. The second kappa shape index (κ2) is 8.20. The smallest absolute Gasteiger partial charge is 0.300 e. The highest BCUT2D eigenvalue weighted by molar-refractivity contribution is 5.90. The number of benzene rings is 2. The van der Waals surface area contributed by atoms with Crippen molar-refractivity contribution in [3.05, 3.63) is 82.7 Å². The summed E-state index contributed by atoms with van der Waals surface area (Å²) in [5.41, 5.74) is 2.50. The summed E-state index contributed by atoms with van der Waals surface area (Å²) in [6.45, 7) is 1.99. The van der Waals surface area contributed by atoms with Crippen molar-refractivity contribution < 1.29 is 9.53 Å². The Kier molecular flexibility index (Phi) is 5.30. The van der Waals surface area contributed by atoms with Crippen molar-refractivity contribution in [2.75, 3.05) is 12.4 Å². The molecule has 0 aliphatic carbocycles. The van der Waals surface area contributed by atoms with E-state index in [0.29, 0.717) is 23.7 Å². The number of anilines is 1. The van der Waals surface area contributed by atoms with Crippen molar-refractivity contribution in [2.24, 2.45) is 0 Å². The van der Waals surface area contributed by atoms with Gasteiger partial charge in [-0.25, -0.2) is 0 Å². The van der Waals surface area contributed by atoms with Crippen LogP contribution in [0.25, 0.3) is 11.3 Å². The molecule has 0 bridgehead atoms. The molecule has 2 aromatic carbocycles. The molecule has 2 aromatic heterocycles. The van der Waals surface area contributed by atoms with Crippen LogP contribution in [0.2, 0.25) is 0 Å². The molecule has 0 aliphatic heterocycles. The normalized spacial score (nSPS) is 10.9. The fourth-order valence-electron chi connectivity index (χ4n) is 3.14. The molecule has 1 amide bonds. The Morgan fingerprint density at radius 3 is 2.47 bits per heavy atom. The standard InChI is InChI=1S/C22H21N5O3/c1-15-3-5-16(6-4-15)23-20(28)12-11-19-24-25-21-22(29)26(13-14-27(19)21)17-7-9-18(30-2)10-8-17/h3-10,13-14H,11-12H2,1-2H3,(H,23,28). The molecule has 0 aliphatic rings. The Bertz CT molecular complexity index is 1240. The van der Waals surface area contributed by atoms with E-state index in [0.717, 1.165) is 11.3 Å². The lowest BCUT2D eigenvalue weighted by Crippen LogP contribution is -2.20. The molecule has 0 radical (unpaired) electrons. The molecule has 2 heterocycles. The van der Waals surface area contributed by atoms with Gasteiger partial charge in [0.25, 0.3) is 0 Å². The summed E-state index contributed by atoms with van der Waals surface area (Å²) in [4.78, 5) is 25.1. The van der Waals surface area contributed by atoms with Crippen molar-refractivity contribution in [1.82, 2.24) is 19.2 Å². The van der Waals surface area contributed by atoms with Crippen LogP contribution in [-0.2, 0) is 11.2 Å². The van der Waals surface area contributed by atoms with E-state index in [-0.39, 0.29) is 23.5 Å². The monoisotopic (exact) mass is 403 g/mol. The van der Waals surface area contributed by atoms with E-state index in [1.54, 1.807) is 48.2 Å². The maximum Gasteiger partial charge on any atom is 0.300 e. The van der Waals surface area contributed by atoms with Crippen LogP contribution in [0.4, 0.5) is 5.69 Å². The van der Waals surface area contributed by atoms with Gasteiger partial charge < -0.3 is 10.1 Å². The molecule has 0 saturated carbocycles. The Morgan fingerprint density at radius 2 is 1.77 bits per heavy atom. The van der Waals surface area contributed by atoms with E-state index in [1.807, 2.05) is 31.2 Å². The number of aromatic nitrogens is 4. The van der Waals surface area contributed by atoms with Crippen molar-refractivity contribution in [2.45, 2.75) is 19.8 Å².